The number of esters is 1. The summed E-state index contributed by atoms with van der Waals surface area (Å²) in [5, 5.41) is 0. The fraction of sp³-hybridized carbons (Fsp3) is 0.263. The van der Waals surface area contributed by atoms with Crippen LogP contribution in [0.4, 0.5) is 0 Å². The van der Waals surface area contributed by atoms with Crippen molar-refractivity contribution in [1.29, 1.82) is 0 Å². The molecule has 0 radical (unpaired) electrons. The largest absolute Gasteiger partial charge is 0.480 e. The number of halogens is 3. The lowest BCUT2D eigenvalue weighted by atomic mass is 10.1. The number of carbonyl (C=O) groups excluding carboxylic acids is 2. The minimum absolute atomic E-state index is 0.346. The zero-order valence-corrected chi connectivity index (χ0v) is 40.3. The first-order valence-electron chi connectivity index (χ1n) is 15.6. The van der Waals surface area contributed by atoms with Crippen molar-refractivity contribution in [1.82, 2.24) is 0 Å². The van der Waals surface area contributed by atoms with E-state index in [0.717, 1.165) is 61.4 Å². The molecule has 4 atom stereocenters. The van der Waals surface area contributed by atoms with E-state index in [1.165, 1.54) is 22.8 Å². The number of benzene rings is 4. The molecular weight excluding hydrogens is 932 g/mol. The molecule has 284 valence electrons. The summed E-state index contributed by atoms with van der Waals surface area (Å²) in [6.45, 7) is 18.2. The van der Waals surface area contributed by atoms with Crippen LogP contribution in [0.5, 0.6) is 23.0 Å². The molecule has 4 aromatic rings. The molecule has 0 saturated heterocycles. The lowest BCUT2D eigenvalue weighted by molar-refractivity contribution is -0.137. The molecule has 0 N–H and O–H groups in total. The number of aldehydes is 1. The van der Waals surface area contributed by atoms with Gasteiger partial charge in [0.2, 0.25) is 0 Å². The van der Waals surface area contributed by atoms with Crippen molar-refractivity contribution in [2.45, 2.75) is 62.3 Å². The van der Waals surface area contributed by atoms with Gasteiger partial charge in [0.05, 0.1) is 54.5 Å². The Morgan fingerprint density at radius 3 is 1.48 bits per heavy atom. The predicted molar refractivity (Wildman–Crippen MR) is 242 cm³/mol. The van der Waals surface area contributed by atoms with E-state index in [4.69, 9.17) is 22.8 Å². The SMILES string of the molecule is BrBr.CCOC(=O)/C=C/c1cc(C)cc(C)c1OP.Cc1cc(C)c(OP)c(Br)c1.Cc1cc(C)c(OP)c(C=O)c1.Cc1ccc(OP)c(C)c1. The van der Waals surface area contributed by atoms with E-state index < -0.39 is 0 Å². The molecular formula is C38H49Br3O7P4. The zero-order chi connectivity index (χ0) is 40.0. The van der Waals surface area contributed by atoms with Gasteiger partial charge in [-0.1, -0.05) is 41.5 Å². The van der Waals surface area contributed by atoms with Crippen LogP contribution in [-0.4, -0.2) is 18.9 Å². The summed E-state index contributed by atoms with van der Waals surface area (Å²) in [5.41, 5.74) is 10.5. The lowest BCUT2D eigenvalue weighted by Gasteiger charge is -2.09. The normalized spacial score (nSPS) is 9.69. The van der Waals surface area contributed by atoms with Gasteiger partial charge in [-0.25, -0.2) is 4.79 Å². The number of aryl methyl sites for hydroxylation is 8. The summed E-state index contributed by atoms with van der Waals surface area (Å²) >= 11 is 8.92. The third-order valence-electron chi connectivity index (χ3n) is 6.89. The number of rotatable bonds is 8. The quantitative estimate of drug-likeness (QED) is 0.0753. The first kappa shape index (κ1) is 50.1. The van der Waals surface area contributed by atoms with E-state index in [1.807, 2.05) is 77.9 Å². The zero-order valence-electron chi connectivity index (χ0n) is 30.9. The molecule has 0 spiro atoms. The fourth-order valence-corrected chi connectivity index (χ4v) is 7.00. The van der Waals surface area contributed by atoms with Crippen LogP contribution in [0.2, 0.25) is 0 Å². The van der Waals surface area contributed by atoms with E-state index >= 15 is 0 Å². The van der Waals surface area contributed by atoms with Crippen molar-refractivity contribution in [2.24, 2.45) is 0 Å². The van der Waals surface area contributed by atoms with Crippen LogP contribution >= 0.6 is 82.1 Å². The second-order valence-corrected chi connectivity index (χ2v) is 13.1. The summed E-state index contributed by atoms with van der Waals surface area (Å²) < 4.78 is 26.2. The minimum Gasteiger partial charge on any atom is -0.480 e. The Bertz CT molecular complexity index is 1750. The minimum atomic E-state index is -0.346. The summed E-state index contributed by atoms with van der Waals surface area (Å²) in [5.74, 6) is 2.86. The highest BCUT2D eigenvalue weighted by atomic mass is 80.9. The topological polar surface area (TPSA) is 80.3 Å². The van der Waals surface area contributed by atoms with Gasteiger partial charge in [0.25, 0.3) is 0 Å². The molecule has 4 aromatic carbocycles. The lowest BCUT2D eigenvalue weighted by Crippen LogP contribution is -1.98. The van der Waals surface area contributed by atoms with Crippen LogP contribution in [-0.2, 0) is 9.53 Å². The van der Waals surface area contributed by atoms with Gasteiger partial charge in [-0.05, 0) is 142 Å². The molecule has 0 aromatic heterocycles. The highest BCUT2D eigenvalue weighted by molar-refractivity contribution is 9.93. The first-order valence-corrected chi connectivity index (χ1v) is 22.0. The van der Waals surface area contributed by atoms with Crippen molar-refractivity contribution in [3.05, 3.63) is 121 Å². The van der Waals surface area contributed by atoms with Crippen molar-refractivity contribution in [3.8, 4) is 23.0 Å². The second kappa shape index (κ2) is 27.7. The Labute approximate surface area is 343 Å². The molecule has 4 rings (SSSR count). The standard InChI is InChI=1S/C13H17O3P.C9H11O2P.C8H10BrOP.C8H11OP.Br2/c1-4-15-12(14)6-5-11-8-9(2)7-10(3)13(11)16-17;1-6-3-7(2)9(11-12)8(4-6)5-10;1-5-3-6(2)8(10-11)7(9)4-5;1-6-3-4-8(9-10)7(2)5-6;1-2/h5-8H,4,17H2,1-3H3;3-5H,12H2,1-2H3;3-4H,11H2,1-2H3;3-5H,10H2,1-2H3;/b6-5+;;;;. The molecule has 0 aliphatic carbocycles. The van der Waals surface area contributed by atoms with Crippen LogP contribution in [0.1, 0.15) is 67.4 Å². The van der Waals surface area contributed by atoms with E-state index in [-0.39, 0.29) is 5.97 Å². The van der Waals surface area contributed by atoms with Gasteiger partial charge in [-0.2, -0.15) is 0 Å². The highest BCUT2D eigenvalue weighted by Crippen LogP contribution is 2.31. The molecule has 0 saturated carbocycles. The molecule has 4 unspecified atom stereocenters. The van der Waals surface area contributed by atoms with Crippen LogP contribution < -0.4 is 18.1 Å². The molecule has 0 fully saturated rings. The number of carbonyl (C=O) groups is 2. The highest BCUT2D eigenvalue weighted by Gasteiger charge is 2.07. The van der Waals surface area contributed by atoms with Gasteiger partial charge in [-0.3, -0.25) is 4.79 Å². The average molecular weight is 981 g/mol. The maximum Gasteiger partial charge on any atom is 0.330 e. The molecule has 0 aliphatic heterocycles. The van der Waals surface area contributed by atoms with Crippen molar-refractivity contribution >= 4 is 100 Å². The average Bonchev–Trinajstić information content (AvgIpc) is 3.08. The van der Waals surface area contributed by atoms with E-state index in [2.05, 4.69) is 108 Å². The monoisotopic (exact) mass is 978 g/mol. The Hall–Kier alpha value is -1.88. The van der Waals surface area contributed by atoms with Gasteiger partial charge < -0.3 is 22.8 Å². The molecule has 0 bridgehead atoms. The van der Waals surface area contributed by atoms with Gasteiger partial charge in [0.1, 0.15) is 23.0 Å². The number of hydrogen-bond acceptors (Lipinski definition) is 7. The molecule has 7 nitrogen and oxygen atoms in total. The number of hydrogen-bond donors (Lipinski definition) is 0. The van der Waals surface area contributed by atoms with E-state index in [1.54, 1.807) is 19.1 Å². The molecule has 52 heavy (non-hydrogen) atoms. The van der Waals surface area contributed by atoms with E-state index in [9.17, 15) is 9.59 Å². The van der Waals surface area contributed by atoms with Crippen LogP contribution in [0, 0.1) is 55.4 Å². The fourth-order valence-electron chi connectivity index (χ4n) is 4.84. The molecule has 0 aliphatic rings. The van der Waals surface area contributed by atoms with E-state index in [0.29, 0.717) is 17.9 Å². The van der Waals surface area contributed by atoms with Crippen molar-refractivity contribution in [2.75, 3.05) is 6.61 Å². The second-order valence-electron chi connectivity index (χ2n) is 11.3. The summed E-state index contributed by atoms with van der Waals surface area (Å²) in [7, 11) is 8.86. The van der Waals surface area contributed by atoms with Gasteiger partial charge >= 0.3 is 5.97 Å². The number of ether oxygens (including phenoxy) is 1. The Balaban J connectivity index is 0.000000669. The first-order chi connectivity index (χ1) is 24.6. The smallest absolute Gasteiger partial charge is 0.330 e. The maximum atomic E-state index is 11.2. The van der Waals surface area contributed by atoms with Crippen molar-refractivity contribution < 1.29 is 32.4 Å². The van der Waals surface area contributed by atoms with Crippen LogP contribution in [0.25, 0.3) is 6.08 Å². The summed E-state index contributed by atoms with van der Waals surface area (Å²) in [6, 6.07) is 18.0. The summed E-state index contributed by atoms with van der Waals surface area (Å²) in [6.07, 6.45) is 3.92. The van der Waals surface area contributed by atoms with Gasteiger partial charge in [0, 0.05) is 39.9 Å². The van der Waals surface area contributed by atoms with Crippen LogP contribution in [0.15, 0.2) is 65.1 Å². The Kier molecular flexibility index (Phi) is 26.7. The Morgan fingerprint density at radius 2 is 1.06 bits per heavy atom. The third-order valence-corrected chi connectivity index (χ3v) is 8.44. The Morgan fingerprint density at radius 1 is 0.615 bits per heavy atom. The molecule has 14 heteroatoms. The molecule has 0 heterocycles. The maximum absolute atomic E-state index is 11.2. The van der Waals surface area contributed by atoms with Gasteiger partial charge in [-0.15, -0.1) is 0 Å². The van der Waals surface area contributed by atoms with Gasteiger partial charge in [0.15, 0.2) is 6.29 Å². The predicted octanol–water partition coefficient (Wildman–Crippen LogP) is 12.7. The third kappa shape index (κ3) is 18.0. The van der Waals surface area contributed by atoms with Crippen molar-refractivity contribution in [3.63, 3.8) is 0 Å². The summed E-state index contributed by atoms with van der Waals surface area (Å²) in [4.78, 5) is 21.8. The molecule has 0 amide bonds. The van der Waals surface area contributed by atoms with Crippen LogP contribution in [0.3, 0.4) is 0 Å².